The average molecular weight is 237 g/mol. The van der Waals surface area contributed by atoms with E-state index >= 15 is 0 Å². The zero-order valence-electron chi connectivity index (χ0n) is 10.1. The summed E-state index contributed by atoms with van der Waals surface area (Å²) in [5.41, 5.74) is 2.43. The Morgan fingerprint density at radius 3 is 2.28 bits per heavy atom. The topological polar surface area (TPSA) is 12.5 Å². The number of hydroxylamine groups is 2. The van der Waals surface area contributed by atoms with Crippen LogP contribution >= 0.6 is 0 Å². The lowest BCUT2D eigenvalue weighted by Gasteiger charge is -2.18. The Hall–Kier alpha value is -2.06. The second-order valence-electron chi connectivity index (χ2n) is 4.34. The molecule has 1 heterocycles. The van der Waals surface area contributed by atoms with Crippen molar-refractivity contribution >= 4 is 0 Å². The molecule has 90 valence electrons. The van der Waals surface area contributed by atoms with Crippen LogP contribution in [0.15, 0.2) is 72.9 Å². The van der Waals surface area contributed by atoms with Crippen LogP contribution < -0.4 is 0 Å². The lowest BCUT2D eigenvalue weighted by Crippen LogP contribution is -2.14. The highest BCUT2D eigenvalue weighted by Crippen LogP contribution is 2.26. The van der Waals surface area contributed by atoms with E-state index in [0.29, 0.717) is 0 Å². The summed E-state index contributed by atoms with van der Waals surface area (Å²) in [7, 11) is 0. The largest absolute Gasteiger partial charge is 0.261 e. The Bertz CT molecular complexity index is 521. The molecular formula is C16H15NO. The third kappa shape index (κ3) is 2.44. The standard InChI is InChI=1S/C16H15NO/c1-3-7-14(8-4-1)13-17-12-11-16(18-17)15-9-5-2-6-10-15/h1-12,16H,13H2/t16-/m0/s1. The van der Waals surface area contributed by atoms with Gasteiger partial charge in [0.2, 0.25) is 0 Å². The molecule has 0 N–H and O–H groups in total. The minimum absolute atomic E-state index is 0.0370. The summed E-state index contributed by atoms with van der Waals surface area (Å²) in [6.07, 6.45) is 4.12. The van der Waals surface area contributed by atoms with Gasteiger partial charge in [-0.25, -0.2) is 0 Å². The molecule has 2 aromatic rings. The van der Waals surface area contributed by atoms with Crippen LogP contribution in [0.2, 0.25) is 0 Å². The van der Waals surface area contributed by atoms with Crippen molar-refractivity contribution in [3.8, 4) is 0 Å². The first-order valence-electron chi connectivity index (χ1n) is 6.12. The molecule has 3 rings (SSSR count). The average Bonchev–Trinajstić information content (AvgIpc) is 2.89. The van der Waals surface area contributed by atoms with Crippen molar-refractivity contribution in [3.63, 3.8) is 0 Å². The predicted molar refractivity (Wildman–Crippen MR) is 71.4 cm³/mol. The van der Waals surface area contributed by atoms with Gasteiger partial charge >= 0.3 is 0 Å². The molecule has 0 unspecified atom stereocenters. The predicted octanol–water partition coefficient (Wildman–Crippen LogP) is 3.69. The zero-order valence-corrected chi connectivity index (χ0v) is 10.1. The molecule has 0 aliphatic carbocycles. The van der Waals surface area contributed by atoms with Crippen LogP contribution in [0.3, 0.4) is 0 Å². The van der Waals surface area contributed by atoms with E-state index in [0.717, 1.165) is 6.54 Å². The van der Waals surface area contributed by atoms with E-state index in [2.05, 4.69) is 30.3 Å². The van der Waals surface area contributed by atoms with Crippen molar-refractivity contribution in [1.82, 2.24) is 5.06 Å². The number of hydrogen-bond donors (Lipinski definition) is 0. The van der Waals surface area contributed by atoms with Crippen molar-refractivity contribution in [3.05, 3.63) is 84.1 Å². The van der Waals surface area contributed by atoms with Crippen molar-refractivity contribution in [1.29, 1.82) is 0 Å². The summed E-state index contributed by atoms with van der Waals surface area (Å²) >= 11 is 0. The van der Waals surface area contributed by atoms with Crippen LogP contribution in [0.25, 0.3) is 0 Å². The van der Waals surface area contributed by atoms with E-state index in [1.165, 1.54) is 11.1 Å². The molecule has 1 aliphatic heterocycles. The highest BCUT2D eigenvalue weighted by atomic mass is 16.7. The quantitative estimate of drug-likeness (QED) is 0.807. The molecular weight excluding hydrogens is 222 g/mol. The minimum atomic E-state index is 0.0370. The molecule has 1 atom stereocenters. The first-order valence-corrected chi connectivity index (χ1v) is 6.12. The highest BCUT2D eigenvalue weighted by Gasteiger charge is 2.18. The third-order valence-electron chi connectivity index (χ3n) is 2.99. The van der Waals surface area contributed by atoms with Crippen LogP contribution in [0.4, 0.5) is 0 Å². The second kappa shape index (κ2) is 5.07. The molecule has 2 nitrogen and oxygen atoms in total. The van der Waals surface area contributed by atoms with Gasteiger partial charge in [0.1, 0.15) is 6.10 Å². The lowest BCUT2D eigenvalue weighted by molar-refractivity contribution is -0.137. The van der Waals surface area contributed by atoms with E-state index in [4.69, 9.17) is 4.84 Å². The Morgan fingerprint density at radius 2 is 1.56 bits per heavy atom. The fraction of sp³-hybridized carbons (Fsp3) is 0.125. The summed E-state index contributed by atoms with van der Waals surface area (Å²) in [6.45, 7) is 0.778. The van der Waals surface area contributed by atoms with Crippen LogP contribution in [0.1, 0.15) is 17.2 Å². The van der Waals surface area contributed by atoms with Crippen LogP contribution in [-0.4, -0.2) is 5.06 Å². The van der Waals surface area contributed by atoms with E-state index in [1.807, 2.05) is 47.7 Å². The molecule has 0 radical (unpaired) electrons. The first-order chi connectivity index (χ1) is 8.92. The van der Waals surface area contributed by atoms with E-state index < -0.39 is 0 Å². The second-order valence-corrected chi connectivity index (χ2v) is 4.34. The van der Waals surface area contributed by atoms with Gasteiger partial charge in [-0.1, -0.05) is 60.7 Å². The molecule has 0 spiro atoms. The number of hydrogen-bond acceptors (Lipinski definition) is 2. The summed E-state index contributed by atoms with van der Waals surface area (Å²) < 4.78 is 0. The lowest BCUT2D eigenvalue weighted by atomic mass is 10.1. The molecule has 0 saturated carbocycles. The fourth-order valence-electron chi connectivity index (χ4n) is 2.06. The van der Waals surface area contributed by atoms with Crippen LogP contribution in [-0.2, 0) is 11.4 Å². The van der Waals surface area contributed by atoms with Gasteiger partial charge in [0.05, 0.1) is 6.54 Å². The Morgan fingerprint density at radius 1 is 0.889 bits per heavy atom. The summed E-state index contributed by atoms with van der Waals surface area (Å²) in [4.78, 5) is 5.87. The summed E-state index contributed by atoms with van der Waals surface area (Å²) in [5.74, 6) is 0. The van der Waals surface area contributed by atoms with E-state index in [-0.39, 0.29) is 6.10 Å². The van der Waals surface area contributed by atoms with Crippen molar-refractivity contribution in [2.45, 2.75) is 12.6 Å². The number of rotatable bonds is 3. The van der Waals surface area contributed by atoms with Gasteiger partial charge in [-0.2, -0.15) is 0 Å². The maximum atomic E-state index is 5.87. The van der Waals surface area contributed by atoms with Gasteiger partial charge in [-0.05, 0) is 17.2 Å². The number of benzene rings is 2. The highest BCUT2D eigenvalue weighted by molar-refractivity contribution is 5.22. The molecule has 0 aromatic heterocycles. The smallest absolute Gasteiger partial charge is 0.131 e. The molecule has 2 heteroatoms. The molecule has 0 bridgehead atoms. The minimum Gasteiger partial charge on any atom is -0.261 e. The van der Waals surface area contributed by atoms with E-state index in [9.17, 15) is 0 Å². The van der Waals surface area contributed by atoms with Gasteiger partial charge < -0.3 is 0 Å². The van der Waals surface area contributed by atoms with Crippen molar-refractivity contribution in [2.75, 3.05) is 0 Å². The molecule has 0 amide bonds. The molecule has 0 fully saturated rings. The zero-order chi connectivity index (χ0) is 12.2. The summed E-state index contributed by atoms with van der Waals surface area (Å²) in [5, 5.41) is 1.88. The number of nitrogens with zero attached hydrogens (tertiary/aromatic N) is 1. The van der Waals surface area contributed by atoms with Gasteiger partial charge in [0, 0.05) is 6.20 Å². The maximum Gasteiger partial charge on any atom is 0.131 e. The Balaban J connectivity index is 1.65. The molecule has 18 heavy (non-hydrogen) atoms. The first kappa shape index (κ1) is 11.1. The molecule has 1 aliphatic rings. The van der Waals surface area contributed by atoms with Gasteiger partial charge in [0.25, 0.3) is 0 Å². The normalized spacial score (nSPS) is 18.2. The van der Waals surface area contributed by atoms with Crippen molar-refractivity contribution < 1.29 is 4.84 Å². The van der Waals surface area contributed by atoms with Crippen LogP contribution in [0.5, 0.6) is 0 Å². The van der Waals surface area contributed by atoms with Gasteiger partial charge in [0.15, 0.2) is 0 Å². The van der Waals surface area contributed by atoms with Crippen LogP contribution in [0, 0.1) is 0 Å². The Labute approximate surface area is 107 Å². The van der Waals surface area contributed by atoms with Gasteiger partial charge in [-0.15, -0.1) is 0 Å². The fourth-order valence-corrected chi connectivity index (χ4v) is 2.06. The molecule has 0 saturated heterocycles. The third-order valence-corrected chi connectivity index (χ3v) is 2.99. The van der Waals surface area contributed by atoms with E-state index in [1.54, 1.807) is 0 Å². The SMILES string of the molecule is C1=CN(Cc2ccccc2)O[C@@H]1c1ccccc1. The monoisotopic (exact) mass is 237 g/mol. The van der Waals surface area contributed by atoms with Crippen molar-refractivity contribution in [2.24, 2.45) is 0 Å². The Kier molecular flexibility index (Phi) is 3.11. The maximum absolute atomic E-state index is 5.87. The molecule has 2 aromatic carbocycles. The van der Waals surface area contributed by atoms with Gasteiger partial charge in [-0.3, -0.25) is 9.90 Å². The summed E-state index contributed by atoms with van der Waals surface area (Å²) in [6, 6.07) is 20.6.